The highest BCUT2D eigenvalue weighted by atomic mass is 19.4. The molecule has 0 aromatic heterocycles. The largest absolute Gasteiger partial charge is 0.481 e. The van der Waals surface area contributed by atoms with Crippen molar-refractivity contribution in [1.29, 1.82) is 0 Å². The van der Waals surface area contributed by atoms with Gasteiger partial charge in [-0.2, -0.15) is 13.2 Å². The van der Waals surface area contributed by atoms with Crippen LogP contribution in [0.2, 0.25) is 0 Å². The van der Waals surface area contributed by atoms with E-state index in [0.717, 1.165) is 37.8 Å². The Balaban J connectivity index is 2.25. The number of carboxylic acids is 1. The molecule has 1 aliphatic rings. The van der Waals surface area contributed by atoms with E-state index in [2.05, 4.69) is 0 Å². The second-order valence-corrected chi connectivity index (χ2v) is 5.31. The van der Waals surface area contributed by atoms with Crippen LogP contribution in [0.1, 0.15) is 49.1 Å². The topological polar surface area (TPSA) is 37.3 Å². The highest BCUT2D eigenvalue weighted by Gasteiger charge is 2.33. The molecule has 2 atom stereocenters. The van der Waals surface area contributed by atoms with E-state index in [1.165, 1.54) is 12.1 Å². The summed E-state index contributed by atoms with van der Waals surface area (Å²) in [4.78, 5) is 11.3. The van der Waals surface area contributed by atoms with Gasteiger partial charge in [0.25, 0.3) is 0 Å². The van der Waals surface area contributed by atoms with Crippen LogP contribution in [0.3, 0.4) is 0 Å². The molecule has 20 heavy (non-hydrogen) atoms. The molecule has 0 bridgehead atoms. The number of benzene rings is 1. The summed E-state index contributed by atoms with van der Waals surface area (Å²) in [5.41, 5.74) is 0.00838. The zero-order valence-corrected chi connectivity index (χ0v) is 11.0. The van der Waals surface area contributed by atoms with E-state index in [-0.39, 0.29) is 5.92 Å². The summed E-state index contributed by atoms with van der Waals surface area (Å²) in [6.45, 7) is 0. The van der Waals surface area contributed by atoms with Crippen molar-refractivity contribution in [2.45, 2.75) is 44.2 Å². The van der Waals surface area contributed by atoms with Crippen molar-refractivity contribution in [3.05, 3.63) is 35.4 Å². The summed E-state index contributed by atoms with van der Waals surface area (Å²) in [5, 5.41) is 9.30. The molecule has 2 rings (SSSR count). The predicted molar refractivity (Wildman–Crippen MR) is 68.4 cm³/mol. The van der Waals surface area contributed by atoms with Gasteiger partial charge in [0.15, 0.2) is 0 Å². The van der Waals surface area contributed by atoms with E-state index in [1.807, 2.05) is 0 Å². The maximum absolute atomic E-state index is 12.5. The third-order valence-electron chi connectivity index (χ3n) is 4.00. The number of aliphatic carboxylic acids is 1. The lowest BCUT2D eigenvalue weighted by molar-refractivity contribution is -0.143. The molecule has 1 fully saturated rings. The van der Waals surface area contributed by atoms with Crippen LogP contribution in [0.15, 0.2) is 24.3 Å². The lowest BCUT2D eigenvalue weighted by atomic mass is 9.82. The smallest absolute Gasteiger partial charge is 0.416 e. The van der Waals surface area contributed by atoms with Gasteiger partial charge < -0.3 is 5.11 Å². The molecule has 0 spiro atoms. The van der Waals surface area contributed by atoms with Crippen molar-refractivity contribution < 1.29 is 23.1 Å². The molecular formula is C15H17F3O2. The first-order valence-electron chi connectivity index (χ1n) is 6.79. The standard InChI is InChI=1S/C15H17F3O2/c16-15(17,18)11-8-6-10(7-9-11)12-4-2-1-3-5-13(12)14(19)20/h6-9,12-13H,1-5H2,(H,19,20). The van der Waals surface area contributed by atoms with Crippen LogP contribution in [0, 0.1) is 5.92 Å². The molecule has 5 heteroatoms. The van der Waals surface area contributed by atoms with Gasteiger partial charge in [0.05, 0.1) is 11.5 Å². The fourth-order valence-electron chi connectivity index (χ4n) is 2.92. The van der Waals surface area contributed by atoms with Crippen LogP contribution in [0.5, 0.6) is 0 Å². The van der Waals surface area contributed by atoms with E-state index < -0.39 is 23.6 Å². The molecule has 0 amide bonds. The van der Waals surface area contributed by atoms with E-state index in [4.69, 9.17) is 0 Å². The van der Waals surface area contributed by atoms with Crippen molar-refractivity contribution in [2.75, 3.05) is 0 Å². The molecule has 1 aromatic carbocycles. The van der Waals surface area contributed by atoms with E-state index >= 15 is 0 Å². The van der Waals surface area contributed by atoms with Gasteiger partial charge in [-0.1, -0.05) is 31.4 Å². The first-order valence-corrected chi connectivity index (χ1v) is 6.79. The van der Waals surface area contributed by atoms with Gasteiger partial charge in [0, 0.05) is 0 Å². The lowest BCUT2D eigenvalue weighted by Gasteiger charge is -2.22. The van der Waals surface area contributed by atoms with Gasteiger partial charge in [-0.25, -0.2) is 0 Å². The van der Waals surface area contributed by atoms with Crippen molar-refractivity contribution >= 4 is 5.97 Å². The maximum atomic E-state index is 12.5. The Kier molecular flexibility index (Phi) is 4.35. The number of carbonyl (C=O) groups is 1. The van der Waals surface area contributed by atoms with E-state index in [9.17, 15) is 23.1 Å². The maximum Gasteiger partial charge on any atom is 0.416 e. The van der Waals surface area contributed by atoms with Gasteiger partial charge in [-0.3, -0.25) is 4.79 Å². The molecule has 0 heterocycles. The number of rotatable bonds is 2. The number of halogens is 3. The molecule has 1 N–H and O–H groups in total. The lowest BCUT2D eigenvalue weighted by Crippen LogP contribution is -2.21. The van der Waals surface area contributed by atoms with Gasteiger partial charge in [0.1, 0.15) is 0 Å². The van der Waals surface area contributed by atoms with Crippen LogP contribution < -0.4 is 0 Å². The molecule has 1 saturated carbocycles. The second kappa shape index (κ2) is 5.85. The minimum Gasteiger partial charge on any atom is -0.481 e. The molecule has 0 radical (unpaired) electrons. The van der Waals surface area contributed by atoms with Crippen LogP contribution in [0.4, 0.5) is 13.2 Å². The minimum absolute atomic E-state index is 0.183. The third kappa shape index (κ3) is 3.32. The number of alkyl halides is 3. The van der Waals surface area contributed by atoms with Crippen LogP contribution in [-0.4, -0.2) is 11.1 Å². The number of hydrogen-bond donors (Lipinski definition) is 1. The fourth-order valence-corrected chi connectivity index (χ4v) is 2.92. The molecule has 110 valence electrons. The normalized spacial score (nSPS) is 24.1. The second-order valence-electron chi connectivity index (χ2n) is 5.31. The Morgan fingerprint density at radius 1 is 1.05 bits per heavy atom. The Morgan fingerprint density at radius 2 is 1.65 bits per heavy atom. The number of carboxylic acid groups (broad SMARTS) is 1. The summed E-state index contributed by atoms with van der Waals surface area (Å²) < 4.78 is 37.6. The third-order valence-corrected chi connectivity index (χ3v) is 4.00. The van der Waals surface area contributed by atoms with E-state index in [1.54, 1.807) is 0 Å². The van der Waals surface area contributed by atoms with Crippen molar-refractivity contribution in [2.24, 2.45) is 5.92 Å². The highest BCUT2D eigenvalue weighted by Crippen LogP contribution is 2.38. The van der Waals surface area contributed by atoms with Crippen molar-refractivity contribution in [3.63, 3.8) is 0 Å². The van der Waals surface area contributed by atoms with Gasteiger partial charge in [-0.15, -0.1) is 0 Å². The first kappa shape index (κ1) is 14.9. The SMILES string of the molecule is O=C(O)C1CCCCCC1c1ccc(C(F)(F)F)cc1. The Hall–Kier alpha value is -1.52. The minimum atomic E-state index is -4.35. The molecular weight excluding hydrogens is 269 g/mol. The molecule has 2 nitrogen and oxygen atoms in total. The molecule has 0 aliphatic heterocycles. The first-order chi connectivity index (χ1) is 9.39. The van der Waals surface area contributed by atoms with Gasteiger partial charge in [0.2, 0.25) is 0 Å². The van der Waals surface area contributed by atoms with Crippen molar-refractivity contribution in [1.82, 2.24) is 0 Å². The van der Waals surface area contributed by atoms with E-state index in [0.29, 0.717) is 12.0 Å². The summed E-state index contributed by atoms with van der Waals surface area (Å²) in [6, 6.07) is 4.93. The molecule has 1 aromatic rings. The molecule has 1 aliphatic carbocycles. The predicted octanol–water partition coefficient (Wildman–Crippen LogP) is 4.45. The molecule has 2 unspecified atom stereocenters. The van der Waals surface area contributed by atoms with Gasteiger partial charge >= 0.3 is 12.1 Å². The Bertz CT molecular complexity index is 465. The highest BCUT2D eigenvalue weighted by molar-refractivity contribution is 5.71. The Labute approximate surface area is 115 Å². The van der Waals surface area contributed by atoms with Crippen LogP contribution >= 0.6 is 0 Å². The number of hydrogen-bond acceptors (Lipinski definition) is 1. The van der Waals surface area contributed by atoms with Crippen LogP contribution in [0.25, 0.3) is 0 Å². The monoisotopic (exact) mass is 286 g/mol. The molecule has 0 saturated heterocycles. The Morgan fingerprint density at radius 3 is 2.20 bits per heavy atom. The quantitative estimate of drug-likeness (QED) is 0.815. The van der Waals surface area contributed by atoms with Crippen LogP contribution in [-0.2, 0) is 11.0 Å². The summed E-state index contributed by atoms with van der Waals surface area (Å²) in [6.07, 6.45) is -0.248. The summed E-state index contributed by atoms with van der Waals surface area (Å²) >= 11 is 0. The zero-order chi connectivity index (χ0) is 14.8. The fraction of sp³-hybridized carbons (Fsp3) is 0.533. The zero-order valence-electron chi connectivity index (χ0n) is 11.0. The van der Waals surface area contributed by atoms with Gasteiger partial charge in [-0.05, 0) is 36.5 Å². The average Bonchev–Trinajstić information content (AvgIpc) is 2.63. The average molecular weight is 286 g/mol. The van der Waals surface area contributed by atoms with Crippen molar-refractivity contribution in [3.8, 4) is 0 Å². The summed E-state index contributed by atoms with van der Waals surface area (Å²) in [7, 11) is 0. The summed E-state index contributed by atoms with van der Waals surface area (Å²) in [5.74, 6) is -1.52.